The van der Waals surface area contributed by atoms with Crippen molar-refractivity contribution in [2.75, 3.05) is 20.7 Å². The molecule has 2 aromatic rings. The summed E-state index contributed by atoms with van der Waals surface area (Å²) in [5.41, 5.74) is 3.89. The number of carbonyl (C=O) groups excluding carboxylic acids is 1. The van der Waals surface area contributed by atoms with Crippen LogP contribution in [0.25, 0.3) is 0 Å². The van der Waals surface area contributed by atoms with Crippen LogP contribution in [0.2, 0.25) is 0 Å². The second-order valence-corrected chi connectivity index (χ2v) is 8.69. The van der Waals surface area contributed by atoms with E-state index in [0.717, 1.165) is 19.9 Å². The number of likely N-dealkylation sites (N-methyl/N-ethyl adjacent to an activating group) is 1. The van der Waals surface area contributed by atoms with Gasteiger partial charge >= 0.3 is 0 Å². The summed E-state index contributed by atoms with van der Waals surface area (Å²) in [6, 6.07) is 12.2. The molecule has 0 aliphatic carbocycles. The lowest BCUT2D eigenvalue weighted by Crippen LogP contribution is -2.36. The van der Waals surface area contributed by atoms with Crippen LogP contribution in [-0.4, -0.2) is 45.5 Å². The highest BCUT2D eigenvalue weighted by Gasteiger charge is 2.26. The SMILES string of the molecule is COc1ccc(C)cc1S(=O)(=O)N(C)CC(=O)NN=Cc1ccc(Br)cc1. The van der Waals surface area contributed by atoms with Gasteiger partial charge in [0.05, 0.1) is 19.9 Å². The molecule has 0 spiro atoms. The summed E-state index contributed by atoms with van der Waals surface area (Å²) in [4.78, 5) is 12.0. The van der Waals surface area contributed by atoms with E-state index in [1.165, 1.54) is 26.4 Å². The van der Waals surface area contributed by atoms with Crippen LogP contribution in [0.4, 0.5) is 0 Å². The Morgan fingerprint density at radius 1 is 1.26 bits per heavy atom. The van der Waals surface area contributed by atoms with Crippen LogP contribution < -0.4 is 10.2 Å². The minimum Gasteiger partial charge on any atom is -0.495 e. The lowest BCUT2D eigenvalue weighted by molar-refractivity contribution is -0.121. The molecule has 2 aromatic carbocycles. The number of rotatable bonds is 7. The summed E-state index contributed by atoms with van der Waals surface area (Å²) in [6.45, 7) is 1.40. The van der Waals surface area contributed by atoms with Crippen molar-refractivity contribution in [1.29, 1.82) is 0 Å². The largest absolute Gasteiger partial charge is 0.495 e. The quantitative estimate of drug-likeness (QED) is 0.515. The van der Waals surface area contributed by atoms with Gasteiger partial charge in [-0.05, 0) is 42.3 Å². The molecule has 0 radical (unpaired) electrons. The zero-order chi connectivity index (χ0) is 20.0. The van der Waals surface area contributed by atoms with Crippen molar-refractivity contribution < 1.29 is 17.9 Å². The first-order valence-corrected chi connectivity index (χ1v) is 10.2. The predicted octanol–water partition coefficient (Wildman–Crippen LogP) is 2.54. The second-order valence-electron chi connectivity index (χ2n) is 5.76. The fourth-order valence-corrected chi connectivity index (χ4v) is 3.83. The first-order chi connectivity index (χ1) is 12.7. The minimum atomic E-state index is -3.89. The van der Waals surface area contributed by atoms with Crippen molar-refractivity contribution in [3.05, 3.63) is 58.1 Å². The molecule has 0 saturated heterocycles. The maximum absolute atomic E-state index is 12.7. The number of nitrogens with one attached hydrogen (secondary N) is 1. The number of methoxy groups -OCH3 is 1. The lowest BCUT2D eigenvalue weighted by atomic mass is 10.2. The molecule has 0 atom stereocenters. The highest BCUT2D eigenvalue weighted by Crippen LogP contribution is 2.27. The smallest absolute Gasteiger partial charge is 0.255 e. The first kappa shape index (κ1) is 21.1. The van der Waals surface area contributed by atoms with Gasteiger partial charge in [-0.2, -0.15) is 9.41 Å². The van der Waals surface area contributed by atoms with E-state index in [4.69, 9.17) is 4.74 Å². The average Bonchev–Trinajstić information content (AvgIpc) is 2.63. The summed E-state index contributed by atoms with van der Waals surface area (Å²) in [7, 11) is -1.17. The van der Waals surface area contributed by atoms with Gasteiger partial charge < -0.3 is 4.74 Å². The Morgan fingerprint density at radius 2 is 1.93 bits per heavy atom. The number of carbonyl (C=O) groups is 1. The van der Waals surface area contributed by atoms with Crippen LogP contribution >= 0.6 is 15.9 Å². The van der Waals surface area contributed by atoms with Crippen molar-refractivity contribution in [2.24, 2.45) is 5.10 Å². The molecule has 2 rings (SSSR count). The number of ether oxygens (including phenoxy) is 1. The molecular formula is C18H20BrN3O4S. The van der Waals surface area contributed by atoms with E-state index in [1.807, 2.05) is 24.3 Å². The molecule has 7 nitrogen and oxygen atoms in total. The summed E-state index contributed by atoms with van der Waals surface area (Å²) in [5, 5.41) is 3.84. The van der Waals surface area contributed by atoms with Gasteiger partial charge in [0.1, 0.15) is 10.6 Å². The third kappa shape index (κ3) is 5.62. The van der Waals surface area contributed by atoms with Gasteiger partial charge in [0.25, 0.3) is 5.91 Å². The highest BCUT2D eigenvalue weighted by atomic mass is 79.9. The Morgan fingerprint density at radius 3 is 2.56 bits per heavy atom. The van der Waals surface area contributed by atoms with Gasteiger partial charge in [-0.1, -0.05) is 34.1 Å². The zero-order valence-electron chi connectivity index (χ0n) is 15.1. The van der Waals surface area contributed by atoms with E-state index in [-0.39, 0.29) is 17.2 Å². The van der Waals surface area contributed by atoms with Crippen molar-refractivity contribution in [1.82, 2.24) is 9.73 Å². The number of halogens is 1. The Balaban J connectivity index is 2.04. The van der Waals surface area contributed by atoms with Crippen LogP contribution in [0.15, 0.2) is 56.9 Å². The van der Waals surface area contributed by atoms with Crippen LogP contribution in [-0.2, 0) is 14.8 Å². The van der Waals surface area contributed by atoms with Gasteiger partial charge in [-0.15, -0.1) is 0 Å². The van der Waals surface area contributed by atoms with Crippen LogP contribution in [0.3, 0.4) is 0 Å². The number of hydrogen-bond donors (Lipinski definition) is 1. The Hall–Kier alpha value is -2.23. The molecular weight excluding hydrogens is 434 g/mol. The molecule has 27 heavy (non-hydrogen) atoms. The third-order valence-electron chi connectivity index (χ3n) is 3.65. The van der Waals surface area contributed by atoms with E-state index >= 15 is 0 Å². The molecule has 0 aliphatic heterocycles. The van der Waals surface area contributed by atoms with Crippen LogP contribution in [0.1, 0.15) is 11.1 Å². The van der Waals surface area contributed by atoms with Crippen molar-refractivity contribution >= 4 is 38.1 Å². The van der Waals surface area contributed by atoms with Gasteiger partial charge in [0, 0.05) is 11.5 Å². The second kappa shape index (κ2) is 9.12. The molecule has 0 aliphatic rings. The molecule has 0 aromatic heterocycles. The number of aryl methyl sites for hydroxylation is 1. The predicted molar refractivity (Wildman–Crippen MR) is 107 cm³/mol. The van der Waals surface area contributed by atoms with Crippen LogP contribution in [0.5, 0.6) is 5.75 Å². The van der Waals surface area contributed by atoms with E-state index in [1.54, 1.807) is 19.1 Å². The van der Waals surface area contributed by atoms with E-state index < -0.39 is 15.9 Å². The fraction of sp³-hybridized carbons (Fsp3) is 0.222. The topological polar surface area (TPSA) is 88.1 Å². The third-order valence-corrected chi connectivity index (χ3v) is 6.00. The molecule has 0 unspecified atom stereocenters. The van der Waals surface area contributed by atoms with Gasteiger partial charge in [0.2, 0.25) is 10.0 Å². The Kier molecular flexibility index (Phi) is 7.11. The molecule has 0 fully saturated rings. The van der Waals surface area contributed by atoms with Crippen molar-refractivity contribution in [3.63, 3.8) is 0 Å². The standard InChI is InChI=1S/C18H20BrN3O4S/c1-13-4-9-16(26-3)17(10-13)27(24,25)22(2)12-18(23)21-20-11-14-5-7-15(19)8-6-14/h4-11H,12H2,1-3H3,(H,21,23). The van der Waals surface area contributed by atoms with Gasteiger partial charge in [-0.3, -0.25) is 4.79 Å². The summed E-state index contributed by atoms with van der Waals surface area (Å²) in [6.07, 6.45) is 1.47. The number of amides is 1. The van der Waals surface area contributed by atoms with Crippen molar-refractivity contribution in [3.8, 4) is 5.75 Å². The highest BCUT2D eigenvalue weighted by molar-refractivity contribution is 9.10. The Bertz CT molecular complexity index is 944. The molecule has 144 valence electrons. The minimum absolute atomic E-state index is 0.0127. The van der Waals surface area contributed by atoms with Crippen molar-refractivity contribution in [2.45, 2.75) is 11.8 Å². The maximum atomic E-state index is 12.7. The summed E-state index contributed by atoms with van der Waals surface area (Å²) < 4.78 is 32.5. The molecule has 1 amide bonds. The molecule has 0 bridgehead atoms. The molecule has 0 saturated carbocycles. The van der Waals surface area contributed by atoms with E-state index in [9.17, 15) is 13.2 Å². The number of hydrazone groups is 1. The zero-order valence-corrected chi connectivity index (χ0v) is 17.5. The normalized spacial score (nSPS) is 11.7. The monoisotopic (exact) mass is 453 g/mol. The number of hydrogen-bond acceptors (Lipinski definition) is 5. The first-order valence-electron chi connectivity index (χ1n) is 7.92. The summed E-state index contributed by atoms with van der Waals surface area (Å²) >= 11 is 3.33. The van der Waals surface area contributed by atoms with Gasteiger partial charge in [0.15, 0.2) is 0 Å². The number of nitrogens with zero attached hydrogens (tertiary/aromatic N) is 2. The van der Waals surface area contributed by atoms with E-state index in [2.05, 4.69) is 26.5 Å². The summed E-state index contributed by atoms with van der Waals surface area (Å²) in [5.74, 6) is -0.331. The Labute approximate surface area is 167 Å². The lowest BCUT2D eigenvalue weighted by Gasteiger charge is -2.18. The molecule has 9 heteroatoms. The number of benzene rings is 2. The van der Waals surface area contributed by atoms with Gasteiger partial charge in [-0.25, -0.2) is 13.8 Å². The van der Waals surface area contributed by atoms with E-state index in [0.29, 0.717) is 0 Å². The molecule has 1 N–H and O–H groups in total. The average molecular weight is 454 g/mol. The number of sulfonamides is 1. The maximum Gasteiger partial charge on any atom is 0.255 e. The fourth-order valence-electron chi connectivity index (χ4n) is 2.20. The molecule has 0 heterocycles. The van der Waals surface area contributed by atoms with Crippen LogP contribution in [0, 0.1) is 6.92 Å².